The molecule has 0 amide bonds. The second-order valence-electron chi connectivity index (χ2n) is 3.67. The monoisotopic (exact) mass is 292 g/mol. The molecule has 0 unspecified atom stereocenters. The van der Waals surface area contributed by atoms with Crippen LogP contribution in [0.5, 0.6) is 5.75 Å². The van der Waals surface area contributed by atoms with Gasteiger partial charge in [0.1, 0.15) is 5.75 Å². The van der Waals surface area contributed by atoms with E-state index in [1.54, 1.807) is 13.2 Å². The lowest BCUT2D eigenvalue weighted by Crippen LogP contribution is -2.07. The molecule has 0 aromatic heterocycles. The van der Waals surface area contributed by atoms with Crippen LogP contribution in [0.4, 0.5) is 0 Å². The third-order valence-corrected chi connectivity index (χ3v) is 2.89. The van der Waals surface area contributed by atoms with Crippen molar-refractivity contribution in [3.8, 4) is 5.75 Å². The van der Waals surface area contributed by atoms with Crippen LogP contribution in [0.25, 0.3) is 0 Å². The summed E-state index contributed by atoms with van der Waals surface area (Å²) >= 11 is 11.9. The van der Waals surface area contributed by atoms with E-state index in [4.69, 9.17) is 37.4 Å². The average Bonchev–Trinajstić information content (AvgIpc) is 2.39. The summed E-state index contributed by atoms with van der Waals surface area (Å²) in [6.45, 7) is 2.42. The molecular weight excluding hydrogens is 275 g/mol. The minimum absolute atomic E-state index is 0.389. The third kappa shape index (κ3) is 5.44. The second-order valence-corrected chi connectivity index (χ2v) is 4.34. The summed E-state index contributed by atoms with van der Waals surface area (Å²) in [6.07, 6.45) is 0.802. The Balaban J connectivity index is 2.26. The lowest BCUT2D eigenvalue weighted by Gasteiger charge is -2.11. The van der Waals surface area contributed by atoms with Gasteiger partial charge < -0.3 is 14.2 Å². The minimum Gasteiger partial charge on any atom is -0.492 e. The molecule has 0 bridgehead atoms. The highest BCUT2D eigenvalue weighted by atomic mass is 35.5. The fourth-order valence-corrected chi connectivity index (χ4v) is 1.86. The van der Waals surface area contributed by atoms with Gasteiger partial charge in [0.2, 0.25) is 0 Å². The summed E-state index contributed by atoms with van der Waals surface area (Å²) in [5.74, 6) is 1.06. The molecule has 1 aromatic carbocycles. The van der Waals surface area contributed by atoms with Crippen LogP contribution in [0, 0.1) is 0 Å². The molecule has 0 heterocycles. The van der Waals surface area contributed by atoms with Crippen LogP contribution in [0.3, 0.4) is 0 Å². The van der Waals surface area contributed by atoms with Gasteiger partial charge in [-0.15, -0.1) is 11.6 Å². The number of halogens is 2. The lowest BCUT2D eigenvalue weighted by molar-refractivity contribution is 0.0644. The molecule has 0 radical (unpaired) electrons. The van der Waals surface area contributed by atoms with Gasteiger partial charge in [-0.05, 0) is 6.07 Å². The van der Waals surface area contributed by atoms with Crippen molar-refractivity contribution in [1.29, 1.82) is 0 Å². The molecule has 0 N–H and O–H groups in total. The molecule has 0 fully saturated rings. The van der Waals surface area contributed by atoms with Gasteiger partial charge in [0, 0.05) is 25.7 Å². The first-order valence-corrected chi connectivity index (χ1v) is 6.73. The number of para-hydroxylation sites is 1. The van der Waals surface area contributed by atoms with Crippen LogP contribution >= 0.6 is 23.2 Å². The molecule has 102 valence electrons. The Morgan fingerprint density at radius 3 is 2.67 bits per heavy atom. The van der Waals surface area contributed by atoms with Gasteiger partial charge in [-0.1, -0.05) is 23.7 Å². The maximum Gasteiger partial charge on any atom is 0.142 e. The van der Waals surface area contributed by atoms with Crippen molar-refractivity contribution in [2.24, 2.45) is 0 Å². The molecule has 0 spiro atoms. The van der Waals surface area contributed by atoms with Gasteiger partial charge in [-0.2, -0.15) is 0 Å². The molecule has 1 rings (SSSR count). The van der Waals surface area contributed by atoms with Crippen LogP contribution in [0.2, 0.25) is 5.02 Å². The van der Waals surface area contributed by atoms with Gasteiger partial charge in [-0.3, -0.25) is 0 Å². The van der Waals surface area contributed by atoms with E-state index in [2.05, 4.69) is 0 Å². The number of benzene rings is 1. The standard InChI is InChI=1S/C13H18Cl2O3/c1-16-8-9-17-6-3-7-18-13-11(10-14)4-2-5-12(13)15/h2,4-5H,3,6-10H2,1H3. The Labute approximate surface area is 118 Å². The van der Waals surface area contributed by atoms with Gasteiger partial charge >= 0.3 is 0 Å². The fourth-order valence-electron chi connectivity index (χ4n) is 1.40. The van der Waals surface area contributed by atoms with Crippen LogP contribution in [-0.4, -0.2) is 33.5 Å². The molecule has 0 aliphatic rings. The Morgan fingerprint density at radius 2 is 1.94 bits per heavy atom. The van der Waals surface area contributed by atoms with E-state index in [1.165, 1.54) is 0 Å². The number of methoxy groups -OCH3 is 1. The average molecular weight is 293 g/mol. The molecule has 3 nitrogen and oxygen atoms in total. The largest absolute Gasteiger partial charge is 0.492 e. The molecule has 0 aliphatic heterocycles. The Morgan fingerprint density at radius 1 is 1.11 bits per heavy atom. The summed E-state index contributed by atoms with van der Waals surface area (Å²) in [6, 6.07) is 5.56. The molecular formula is C13H18Cl2O3. The smallest absolute Gasteiger partial charge is 0.142 e. The van der Waals surface area contributed by atoms with Gasteiger partial charge in [-0.25, -0.2) is 0 Å². The summed E-state index contributed by atoms with van der Waals surface area (Å²) in [4.78, 5) is 0. The predicted octanol–water partition coefficient (Wildman–Crippen LogP) is 3.51. The molecule has 18 heavy (non-hydrogen) atoms. The zero-order valence-electron chi connectivity index (χ0n) is 10.5. The van der Waals surface area contributed by atoms with Crippen LogP contribution in [-0.2, 0) is 15.4 Å². The topological polar surface area (TPSA) is 27.7 Å². The predicted molar refractivity (Wildman–Crippen MR) is 73.8 cm³/mol. The normalized spacial score (nSPS) is 10.6. The maximum absolute atomic E-state index is 6.06. The molecule has 0 saturated carbocycles. The van der Waals surface area contributed by atoms with E-state index in [-0.39, 0.29) is 0 Å². The maximum atomic E-state index is 6.06. The zero-order chi connectivity index (χ0) is 13.2. The van der Waals surface area contributed by atoms with E-state index in [0.29, 0.717) is 43.1 Å². The third-order valence-electron chi connectivity index (χ3n) is 2.30. The summed E-state index contributed by atoms with van der Waals surface area (Å²) in [5.41, 5.74) is 0.907. The van der Waals surface area contributed by atoms with Crippen LogP contribution in [0.1, 0.15) is 12.0 Å². The number of hydrogen-bond acceptors (Lipinski definition) is 3. The van der Waals surface area contributed by atoms with Crippen molar-refractivity contribution < 1.29 is 14.2 Å². The highest BCUT2D eigenvalue weighted by Crippen LogP contribution is 2.29. The van der Waals surface area contributed by atoms with Crippen molar-refractivity contribution in [1.82, 2.24) is 0 Å². The van der Waals surface area contributed by atoms with E-state index in [0.717, 1.165) is 12.0 Å². The summed E-state index contributed by atoms with van der Waals surface area (Å²) in [7, 11) is 1.65. The van der Waals surface area contributed by atoms with Crippen molar-refractivity contribution in [3.63, 3.8) is 0 Å². The summed E-state index contributed by atoms with van der Waals surface area (Å²) < 4.78 is 15.8. The van der Waals surface area contributed by atoms with E-state index in [9.17, 15) is 0 Å². The van der Waals surface area contributed by atoms with E-state index in [1.807, 2.05) is 12.1 Å². The Hall–Kier alpha value is -0.480. The first-order chi connectivity index (χ1) is 8.79. The Kier molecular flexibility index (Phi) is 8.18. The van der Waals surface area contributed by atoms with Gasteiger partial charge in [0.25, 0.3) is 0 Å². The minimum atomic E-state index is 0.389. The van der Waals surface area contributed by atoms with Crippen LogP contribution in [0.15, 0.2) is 18.2 Å². The van der Waals surface area contributed by atoms with Crippen molar-refractivity contribution in [2.45, 2.75) is 12.3 Å². The summed E-state index contributed by atoms with van der Waals surface area (Å²) in [5, 5.41) is 0.591. The molecule has 0 aliphatic carbocycles. The van der Waals surface area contributed by atoms with Gasteiger partial charge in [0.05, 0.1) is 30.7 Å². The van der Waals surface area contributed by atoms with Crippen LogP contribution < -0.4 is 4.74 Å². The Bertz CT molecular complexity index is 345. The number of alkyl halides is 1. The fraction of sp³-hybridized carbons (Fsp3) is 0.538. The van der Waals surface area contributed by atoms with Crippen molar-refractivity contribution in [2.75, 3.05) is 33.5 Å². The number of rotatable bonds is 9. The molecule has 0 saturated heterocycles. The first kappa shape index (κ1) is 15.6. The SMILES string of the molecule is COCCOCCCOc1c(Cl)cccc1CCl. The highest BCUT2D eigenvalue weighted by molar-refractivity contribution is 6.32. The molecule has 1 aromatic rings. The van der Waals surface area contributed by atoms with E-state index < -0.39 is 0 Å². The first-order valence-electron chi connectivity index (χ1n) is 5.82. The molecule has 0 atom stereocenters. The van der Waals surface area contributed by atoms with E-state index >= 15 is 0 Å². The van der Waals surface area contributed by atoms with Crippen molar-refractivity contribution in [3.05, 3.63) is 28.8 Å². The highest BCUT2D eigenvalue weighted by Gasteiger charge is 2.07. The number of ether oxygens (including phenoxy) is 3. The quantitative estimate of drug-likeness (QED) is 0.515. The van der Waals surface area contributed by atoms with Gasteiger partial charge in [0.15, 0.2) is 0 Å². The second kappa shape index (κ2) is 9.45. The zero-order valence-corrected chi connectivity index (χ0v) is 12.0. The lowest BCUT2D eigenvalue weighted by atomic mass is 10.2. The number of hydrogen-bond donors (Lipinski definition) is 0. The van der Waals surface area contributed by atoms with Crippen molar-refractivity contribution >= 4 is 23.2 Å². The molecule has 5 heteroatoms.